The predicted molar refractivity (Wildman–Crippen MR) is 176 cm³/mol. The highest BCUT2D eigenvalue weighted by Gasteiger charge is 2.27. The fraction of sp³-hybridized carbons (Fsp3) is 0.618. The van der Waals surface area contributed by atoms with E-state index < -0.39 is 0 Å². The zero-order valence-corrected chi connectivity index (χ0v) is 27.5. The molecule has 8 heteroatoms. The highest BCUT2D eigenvalue weighted by atomic mass is 35.5. The van der Waals surface area contributed by atoms with Crippen LogP contribution in [0.25, 0.3) is 0 Å². The minimum Gasteiger partial charge on any atom is -0.493 e. The van der Waals surface area contributed by atoms with Gasteiger partial charge in [0.15, 0.2) is 0 Å². The summed E-state index contributed by atoms with van der Waals surface area (Å²) in [6.45, 7) is 16.5. The Morgan fingerprint density at radius 3 is 2.12 bits per heavy atom. The molecule has 0 spiro atoms. The summed E-state index contributed by atoms with van der Waals surface area (Å²) >= 11 is 0. The number of halogens is 3. The maximum Gasteiger partial charge on any atom is 0.228 e. The van der Waals surface area contributed by atoms with Crippen LogP contribution >= 0.6 is 24.8 Å². The van der Waals surface area contributed by atoms with Gasteiger partial charge in [0.2, 0.25) is 5.91 Å². The van der Waals surface area contributed by atoms with Crippen LogP contribution in [-0.4, -0.2) is 67.6 Å². The molecule has 0 aliphatic carbocycles. The van der Waals surface area contributed by atoms with Gasteiger partial charge in [-0.15, -0.1) is 24.8 Å². The Hall–Kier alpha value is -1.86. The summed E-state index contributed by atoms with van der Waals surface area (Å²) in [6, 6.07) is 14.6. The Labute approximate surface area is 265 Å². The summed E-state index contributed by atoms with van der Waals surface area (Å²) in [5.74, 6) is 2.34. The summed E-state index contributed by atoms with van der Waals surface area (Å²) in [7, 11) is 0. The predicted octanol–water partition coefficient (Wildman–Crippen LogP) is 6.98. The fourth-order valence-corrected chi connectivity index (χ4v) is 6.37. The summed E-state index contributed by atoms with van der Waals surface area (Å²) in [6.07, 6.45) is 5.07. The third kappa shape index (κ3) is 11.7. The van der Waals surface area contributed by atoms with E-state index in [2.05, 4.69) is 42.8 Å². The Morgan fingerprint density at radius 1 is 0.929 bits per heavy atom. The maximum absolute atomic E-state index is 13.6. The van der Waals surface area contributed by atoms with Crippen molar-refractivity contribution in [3.05, 3.63) is 65.5 Å². The van der Waals surface area contributed by atoms with E-state index in [0.29, 0.717) is 18.9 Å². The number of nitrogens with zero attached hydrogens (tertiary/aromatic N) is 2. The zero-order chi connectivity index (χ0) is 28.5. The summed E-state index contributed by atoms with van der Waals surface area (Å²) in [5.41, 5.74) is 1.91. The lowest BCUT2D eigenvalue weighted by molar-refractivity contribution is -0.123. The molecule has 0 aromatic heterocycles. The van der Waals surface area contributed by atoms with Crippen LogP contribution in [-0.2, 0) is 11.2 Å². The van der Waals surface area contributed by atoms with Crippen LogP contribution in [0.4, 0.5) is 4.39 Å². The second-order valence-corrected chi connectivity index (χ2v) is 12.8. The molecule has 3 atom stereocenters. The first kappa shape index (κ1) is 36.3. The number of ether oxygens (including phenoxy) is 1. The first-order chi connectivity index (χ1) is 19.2. The van der Waals surface area contributed by atoms with Crippen LogP contribution in [0, 0.1) is 23.6 Å². The largest absolute Gasteiger partial charge is 0.493 e. The second-order valence-electron chi connectivity index (χ2n) is 12.8. The maximum atomic E-state index is 13.6. The minimum absolute atomic E-state index is 0. The average Bonchev–Trinajstić information content (AvgIpc) is 2.92. The first-order valence-corrected chi connectivity index (χ1v) is 15.5. The van der Waals surface area contributed by atoms with Gasteiger partial charge in [0, 0.05) is 32.2 Å². The molecule has 42 heavy (non-hydrogen) atoms. The Kier molecular flexibility index (Phi) is 15.6. The number of hydrogen-bond donors (Lipinski definition) is 1. The van der Waals surface area contributed by atoms with Crippen molar-refractivity contribution in [1.82, 2.24) is 15.1 Å². The molecule has 1 amide bonds. The summed E-state index contributed by atoms with van der Waals surface area (Å²) < 4.78 is 19.4. The minimum atomic E-state index is -0.336. The third-order valence-corrected chi connectivity index (χ3v) is 8.36. The molecular formula is C34H52Cl2FN3O2. The van der Waals surface area contributed by atoms with Crippen LogP contribution in [0.1, 0.15) is 70.4 Å². The molecule has 2 aromatic rings. The number of benzene rings is 2. The molecule has 2 heterocycles. The molecule has 2 fully saturated rings. The highest BCUT2D eigenvalue weighted by molar-refractivity contribution is 5.85. The molecule has 3 unspecified atom stereocenters. The van der Waals surface area contributed by atoms with Gasteiger partial charge in [-0.25, -0.2) is 4.39 Å². The van der Waals surface area contributed by atoms with Gasteiger partial charge in [0.25, 0.3) is 0 Å². The molecule has 0 radical (unpaired) electrons. The second kappa shape index (κ2) is 18.1. The number of amides is 1. The van der Waals surface area contributed by atoms with E-state index in [1.807, 2.05) is 24.3 Å². The van der Waals surface area contributed by atoms with Crippen molar-refractivity contribution in [3.63, 3.8) is 0 Å². The number of piperidine rings is 2. The molecule has 1 N–H and O–H groups in total. The number of carbonyl (C=O) groups is 1. The molecule has 0 saturated carbocycles. The van der Waals surface area contributed by atoms with Gasteiger partial charge in [0.1, 0.15) is 11.6 Å². The topological polar surface area (TPSA) is 44.8 Å². The van der Waals surface area contributed by atoms with Crippen LogP contribution < -0.4 is 10.1 Å². The van der Waals surface area contributed by atoms with Gasteiger partial charge in [-0.05, 0) is 98.3 Å². The molecule has 2 aromatic carbocycles. The van der Waals surface area contributed by atoms with E-state index >= 15 is 0 Å². The van der Waals surface area contributed by atoms with Crippen LogP contribution in [0.5, 0.6) is 5.75 Å². The Morgan fingerprint density at radius 2 is 1.52 bits per heavy atom. The lowest BCUT2D eigenvalue weighted by Gasteiger charge is -2.36. The van der Waals surface area contributed by atoms with Crippen molar-refractivity contribution in [1.29, 1.82) is 0 Å². The van der Waals surface area contributed by atoms with Crippen molar-refractivity contribution < 1.29 is 13.9 Å². The fourth-order valence-electron chi connectivity index (χ4n) is 6.37. The van der Waals surface area contributed by atoms with Crippen molar-refractivity contribution in [2.24, 2.45) is 17.8 Å². The summed E-state index contributed by atoms with van der Waals surface area (Å²) in [5, 5.41) is 3.36. The van der Waals surface area contributed by atoms with Crippen LogP contribution in [0.2, 0.25) is 0 Å². The highest BCUT2D eigenvalue weighted by Crippen LogP contribution is 2.26. The molecule has 2 saturated heterocycles. The molecule has 2 aliphatic heterocycles. The monoisotopic (exact) mass is 623 g/mol. The Bertz CT molecular complexity index is 1040. The van der Waals surface area contributed by atoms with Gasteiger partial charge in [0.05, 0.1) is 12.5 Å². The molecule has 0 bridgehead atoms. The Balaban J connectivity index is 0.00000308. The standard InChI is InChI=1S/C34H50FN3O2.2ClH/c1-25(2)24-40-32-12-8-29(9-13-32)33(21-28-6-10-30(35)11-7-28)34(39)36-31-14-18-37(19-15-31)16-5-17-38-22-26(3)20-27(4)23-38;;/h6-13,25-27,31,33H,5,14-24H2,1-4H3,(H,36,39);2*1H. The molecule has 5 nitrogen and oxygen atoms in total. The molecule has 4 rings (SSSR count). The van der Waals surface area contributed by atoms with E-state index in [4.69, 9.17) is 4.74 Å². The quantitative estimate of drug-likeness (QED) is 0.277. The SMILES string of the molecule is CC(C)COc1ccc(C(Cc2ccc(F)cc2)C(=O)NC2CCN(CCCN3CC(C)CC(C)C3)CC2)cc1.Cl.Cl. The lowest BCUT2D eigenvalue weighted by Crippen LogP contribution is -2.47. The first-order valence-electron chi connectivity index (χ1n) is 15.5. The van der Waals surface area contributed by atoms with E-state index in [0.717, 1.165) is 61.2 Å². The van der Waals surface area contributed by atoms with Crippen molar-refractivity contribution >= 4 is 30.7 Å². The van der Waals surface area contributed by atoms with Gasteiger partial charge >= 0.3 is 0 Å². The summed E-state index contributed by atoms with van der Waals surface area (Å²) in [4.78, 5) is 18.8. The number of nitrogens with one attached hydrogen (secondary N) is 1. The van der Waals surface area contributed by atoms with E-state index in [9.17, 15) is 9.18 Å². The number of rotatable bonds is 12. The van der Waals surface area contributed by atoms with Gasteiger partial charge in [-0.3, -0.25) is 4.79 Å². The molecule has 236 valence electrons. The number of likely N-dealkylation sites (tertiary alicyclic amines) is 2. The van der Waals surface area contributed by atoms with E-state index in [-0.39, 0.29) is 48.5 Å². The van der Waals surface area contributed by atoms with E-state index in [1.54, 1.807) is 12.1 Å². The van der Waals surface area contributed by atoms with Crippen LogP contribution in [0.3, 0.4) is 0 Å². The smallest absolute Gasteiger partial charge is 0.228 e. The van der Waals surface area contributed by atoms with E-state index in [1.165, 1.54) is 44.6 Å². The van der Waals surface area contributed by atoms with Gasteiger partial charge in [-0.2, -0.15) is 0 Å². The zero-order valence-electron chi connectivity index (χ0n) is 25.9. The van der Waals surface area contributed by atoms with Gasteiger partial charge in [-0.1, -0.05) is 52.0 Å². The average molecular weight is 625 g/mol. The number of carbonyl (C=O) groups excluding carboxylic acids is 1. The van der Waals surface area contributed by atoms with Crippen molar-refractivity contribution in [2.45, 2.75) is 71.8 Å². The molecule has 2 aliphatic rings. The molecular weight excluding hydrogens is 572 g/mol. The van der Waals surface area contributed by atoms with Crippen molar-refractivity contribution in [2.75, 3.05) is 45.9 Å². The van der Waals surface area contributed by atoms with Gasteiger partial charge < -0.3 is 19.9 Å². The normalized spacial score (nSPS) is 20.8. The number of hydrogen-bond acceptors (Lipinski definition) is 4. The lowest BCUT2D eigenvalue weighted by atomic mass is 9.90. The third-order valence-electron chi connectivity index (χ3n) is 8.36. The van der Waals surface area contributed by atoms with Crippen LogP contribution in [0.15, 0.2) is 48.5 Å². The van der Waals surface area contributed by atoms with Crippen molar-refractivity contribution in [3.8, 4) is 5.75 Å².